The molecule has 3 aliphatic heterocycles. The zero-order valence-corrected chi connectivity index (χ0v) is 20.1. The molecule has 3 aromatic rings. The molecule has 0 aliphatic carbocycles. The van der Waals surface area contributed by atoms with Crippen LogP contribution in [-0.2, 0) is 10.3 Å². The van der Waals surface area contributed by atoms with Crippen LogP contribution in [0, 0.1) is 5.92 Å². The van der Waals surface area contributed by atoms with Crippen molar-refractivity contribution in [1.29, 1.82) is 0 Å². The van der Waals surface area contributed by atoms with Gasteiger partial charge in [0.25, 0.3) is 0 Å². The first-order chi connectivity index (χ1) is 16.0. The van der Waals surface area contributed by atoms with Gasteiger partial charge in [0, 0.05) is 38.3 Å². The number of Topliss-reactive ketones (excluding diaryl/α,β-unsaturated/α-hetero) is 1. The van der Waals surface area contributed by atoms with Gasteiger partial charge >= 0.3 is 0 Å². The number of nitrogens with zero attached hydrogens (tertiary/aromatic N) is 1. The number of fused-ring (bicyclic) bond motifs is 4. The second kappa shape index (κ2) is 7.79. The van der Waals surface area contributed by atoms with E-state index in [1.54, 1.807) is 0 Å². The highest BCUT2D eigenvalue weighted by atomic mass is 79.9. The Morgan fingerprint density at radius 3 is 2.64 bits per heavy atom. The first kappa shape index (κ1) is 21.1. The predicted octanol–water partition coefficient (Wildman–Crippen LogP) is 6.01. The lowest BCUT2D eigenvalue weighted by Gasteiger charge is -2.36. The Morgan fingerprint density at radius 1 is 1.06 bits per heavy atom. The largest absolute Gasteiger partial charge is 0.324 e. The van der Waals surface area contributed by atoms with E-state index in [2.05, 4.69) is 26.1 Å². The Balaban J connectivity index is 1.61. The zero-order valence-electron chi connectivity index (χ0n) is 17.8. The maximum atomic E-state index is 14.3. The molecular weight excluding hydrogens is 500 g/mol. The minimum absolute atomic E-state index is 0.00231. The lowest BCUT2D eigenvalue weighted by molar-refractivity contribution is -0.127. The first-order valence-electron chi connectivity index (χ1n) is 11.2. The van der Waals surface area contributed by atoms with Crippen molar-refractivity contribution >= 4 is 44.9 Å². The Bertz CT molecular complexity index is 1280. The quantitative estimate of drug-likeness (QED) is 0.429. The highest BCUT2D eigenvalue weighted by molar-refractivity contribution is 9.10. The number of ketones is 1. The lowest BCUT2D eigenvalue weighted by Crippen LogP contribution is -2.52. The van der Waals surface area contributed by atoms with Gasteiger partial charge in [-0.3, -0.25) is 14.5 Å². The minimum atomic E-state index is -1.03. The zero-order chi connectivity index (χ0) is 22.7. The van der Waals surface area contributed by atoms with E-state index in [0.717, 1.165) is 40.7 Å². The summed E-state index contributed by atoms with van der Waals surface area (Å²) in [5, 5.41) is 3.77. The Morgan fingerprint density at radius 2 is 1.85 bits per heavy atom. The molecule has 3 aromatic carbocycles. The van der Waals surface area contributed by atoms with E-state index in [1.165, 1.54) is 0 Å². The first-order valence-corrected chi connectivity index (χ1v) is 12.4. The number of anilines is 1. The number of para-hydroxylation sites is 1. The molecule has 0 bridgehead atoms. The number of carbonyl (C=O) groups is 2. The third-order valence-corrected chi connectivity index (χ3v) is 8.30. The van der Waals surface area contributed by atoms with E-state index in [4.69, 9.17) is 11.6 Å². The standard InChI is InChI=1S/C27H22BrClN2O2/c28-18-6-3-5-17(15-18)25(32)24-23(16-10-12-19(29)13-11-16)22-9-4-14-31(22)27(24)20-7-1-2-8-21(20)30-26(27)33/h1-3,5-8,10-13,15,22-24H,4,9,14H2,(H,30,33). The molecular formula is C27H22BrClN2O2. The fourth-order valence-corrected chi connectivity index (χ4v) is 6.92. The normalized spacial score (nSPS) is 28.1. The summed E-state index contributed by atoms with van der Waals surface area (Å²) < 4.78 is 0.847. The molecule has 33 heavy (non-hydrogen) atoms. The van der Waals surface area contributed by atoms with Crippen LogP contribution in [0.3, 0.4) is 0 Å². The molecule has 166 valence electrons. The topological polar surface area (TPSA) is 49.4 Å². The third kappa shape index (κ3) is 2.99. The average molecular weight is 522 g/mol. The van der Waals surface area contributed by atoms with Gasteiger partial charge in [-0.1, -0.05) is 70.0 Å². The van der Waals surface area contributed by atoms with Gasteiger partial charge in [0.05, 0.1) is 5.92 Å². The van der Waals surface area contributed by atoms with Crippen molar-refractivity contribution in [2.24, 2.45) is 5.92 Å². The molecule has 1 spiro atoms. The van der Waals surface area contributed by atoms with Gasteiger partial charge in [-0.2, -0.15) is 0 Å². The van der Waals surface area contributed by atoms with Crippen molar-refractivity contribution in [3.05, 3.63) is 99.0 Å². The van der Waals surface area contributed by atoms with Crippen LogP contribution < -0.4 is 5.32 Å². The highest BCUT2D eigenvalue weighted by Crippen LogP contribution is 2.61. The predicted molar refractivity (Wildman–Crippen MR) is 133 cm³/mol. The van der Waals surface area contributed by atoms with Crippen LogP contribution in [0.5, 0.6) is 0 Å². The van der Waals surface area contributed by atoms with Gasteiger partial charge < -0.3 is 5.32 Å². The molecule has 2 saturated heterocycles. The Hall–Kier alpha value is -2.47. The number of rotatable bonds is 3. The van der Waals surface area contributed by atoms with Gasteiger partial charge in [-0.15, -0.1) is 0 Å². The second-order valence-electron chi connectivity index (χ2n) is 9.10. The van der Waals surface area contributed by atoms with Gasteiger partial charge in [-0.25, -0.2) is 0 Å². The van der Waals surface area contributed by atoms with E-state index < -0.39 is 11.5 Å². The molecule has 4 atom stereocenters. The summed E-state index contributed by atoms with van der Waals surface area (Å²) in [5.74, 6) is -0.770. The molecule has 3 aliphatic rings. The monoisotopic (exact) mass is 520 g/mol. The van der Waals surface area contributed by atoms with E-state index in [1.807, 2.05) is 72.8 Å². The van der Waals surface area contributed by atoms with Gasteiger partial charge in [0.15, 0.2) is 5.78 Å². The Kier molecular flexibility index (Phi) is 4.98. The van der Waals surface area contributed by atoms with Gasteiger partial charge in [0.2, 0.25) is 5.91 Å². The third-order valence-electron chi connectivity index (χ3n) is 7.55. The van der Waals surface area contributed by atoms with Crippen LogP contribution >= 0.6 is 27.5 Å². The molecule has 1 N–H and O–H groups in total. The molecule has 0 aromatic heterocycles. The highest BCUT2D eigenvalue weighted by Gasteiger charge is 2.69. The number of amides is 1. The van der Waals surface area contributed by atoms with Crippen molar-refractivity contribution < 1.29 is 9.59 Å². The molecule has 4 unspecified atom stereocenters. The van der Waals surface area contributed by atoms with Crippen molar-refractivity contribution in [3.8, 4) is 0 Å². The number of hydrogen-bond donors (Lipinski definition) is 1. The number of hydrogen-bond acceptors (Lipinski definition) is 3. The summed E-state index contributed by atoms with van der Waals surface area (Å²) in [6, 6.07) is 23.2. The number of carbonyl (C=O) groups excluding carboxylic acids is 2. The van der Waals surface area contributed by atoms with Crippen LogP contribution in [0.2, 0.25) is 5.02 Å². The summed E-state index contributed by atoms with van der Waals surface area (Å²) in [6.07, 6.45) is 1.95. The van der Waals surface area contributed by atoms with Gasteiger partial charge in [0.1, 0.15) is 5.54 Å². The van der Waals surface area contributed by atoms with Gasteiger partial charge in [-0.05, 0) is 55.3 Å². The summed E-state index contributed by atoms with van der Waals surface area (Å²) in [6.45, 7) is 0.790. The summed E-state index contributed by atoms with van der Waals surface area (Å²) in [4.78, 5) is 30.6. The van der Waals surface area contributed by atoms with Crippen molar-refractivity contribution in [3.63, 3.8) is 0 Å². The van der Waals surface area contributed by atoms with E-state index >= 15 is 0 Å². The SMILES string of the molecule is O=C(c1cccc(Br)c1)C1C(c2ccc(Cl)cc2)C2CCCN2C12C(=O)Nc1ccccc12. The van der Waals surface area contributed by atoms with Crippen LogP contribution in [0.1, 0.15) is 40.2 Å². The van der Waals surface area contributed by atoms with Crippen LogP contribution in [0.25, 0.3) is 0 Å². The van der Waals surface area contributed by atoms with Crippen molar-refractivity contribution in [2.45, 2.75) is 30.3 Å². The molecule has 4 nitrogen and oxygen atoms in total. The smallest absolute Gasteiger partial charge is 0.250 e. The maximum Gasteiger partial charge on any atom is 0.250 e. The van der Waals surface area contributed by atoms with Crippen molar-refractivity contribution in [2.75, 3.05) is 11.9 Å². The maximum absolute atomic E-state index is 14.3. The van der Waals surface area contributed by atoms with Crippen LogP contribution in [0.15, 0.2) is 77.3 Å². The molecule has 6 heteroatoms. The van der Waals surface area contributed by atoms with E-state index in [-0.39, 0.29) is 23.7 Å². The number of halogens is 2. The molecule has 1 amide bonds. The fourth-order valence-electron chi connectivity index (χ4n) is 6.40. The second-order valence-corrected chi connectivity index (χ2v) is 10.5. The molecule has 2 fully saturated rings. The number of nitrogens with one attached hydrogen (secondary N) is 1. The Labute approximate surface area is 206 Å². The molecule has 0 saturated carbocycles. The van der Waals surface area contributed by atoms with E-state index in [9.17, 15) is 9.59 Å². The summed E-state index contributed by atoms with van der Waals surface area (Å²) >= 11 is 9.72. The summed E-state index contributed by atoms with van der Waals surface area (Å²) in [5.41, 5.74) is 2.36. The van der Waals surface area contributed by atoms with Crippen LogP contribution in [0.4, 0.5) is 5.69 Å². The molecule has 6 rings (SSSR count). The van der Waals surface area contributed by atoms with E-state index in [0.29, 0.717) is 10.6 Å². The fraction of sp³-hybridized carbons (Fsp3) is 0.259. The molecule has 3 heterocycles. The lowest BCUT2D eigenvalue weighted by atomic mass is 9.69. The van der Waals surface area contributed by atoms with Crippen molar-refractivity contribution in [1.82, 2.24) is 4.90 Å². The molecule has 0 radical (unpaired) electrons. The van der Waals surface area contributed by atoms with Crippen LogP contribution in [-0.4, -0.2) is 29.2 Å². The summed E-state index contributed by atoms with van der Waals surface area (Å²) in [7, 11) is 0. The number of benzene rings is 3. The minimum Gasteiger partial charge on any atom is -0.324 e. The average Bonchev–Trinajstić information content (AvgIpc) is 3.47.